The maximum Gasteiger partial charge on any atom is 0.249 e. The molecule has 0 aliphatic carbocycles. The molecule has 1 aromatic rings. The van der Waals surface area contributed by atoms with Crippen LogP contribution in [-0.2, 0) is 9.59 Å². The van der Waals surface area contributed by atoms with Gasteiger partial charge in [0.05, 0.1) is 0 Å². The van der Waals surface area contributed by atoms with Crippen LogP contribution in [0.15, 0.2) is 18.2 Å². The monoisotopic (exact) mass is 288 g/mol. The van der Waals surface area contributed by atoms with Crippen LogP contribution in [-0.4, -0.2) is 35.8 Å². The fourth-order valence-electron chi connectivity index (χ4n) is 2.65. The van der Waals surface area contributed by atoms with E-state index in [1.165, 1.54) is 11.1 Å². The summed E-state index contributed by atoms with van der Waals surface area (Å²) >= 11 is 0. The molecule has 114 valence electrons. The Kier molecular flexibility index (Phi) is 4.35. The first-order valence-corrected chi connectivity index (χ1v) is 7.52. The fraction of sp³-hybridized carbons (Fsp3) is 0.529. The molecule has 21 heavy (non-hydrogen) atoms. The van der Waals surface area contributed by atoms with Crippen molar-refractivity contribution < 1.29 is 9.59 Å². The van der Waals surface area contributed by atoms with Gasteiger partial charge >= 0.3 is 0 Å². The third-order valence-corrected chi connectivity index (χ3v) is 4.23. The average molecular weight is 288 g/mol. The van der Waals surface area contributed by atoms with Gasteiger partial charge in [-0.2, -0.15) is 0 Å². The standard InChI is InChI=1S/C17H24N2O2/c1-11(2)16(20)18-8-9-19(17(21)14(18)5)15-7-6-12(3)13(4)10-15/h6-7,10-11,14H,8-9H2,1-5H3. The van der Waals surface area contributed by atoms with Gasteiger partial charge in [-0.1, -0.05) is 19.9 Å². The van der Waals surface area contributed by atoms with Crippen molar-refractivity contribution in [3.8, 4) is 0 Å². The van der Waals surface area contributed by atoms with Gasteiger partial charge in [0.2, 0.25) is 11.8 Å². The summed E-state index contributed by atoms with van der Waals surface area (Å²) in [4.78, 5) is 28.2. The minimum Gasteiger partial charge on any atom is -0.329 e. The Morgan fingerprint density at radius 2 is 1.86 bits per heavy atom. The molecule has 0 aromatic heterocycles. The number of hydrogen-bond donors (Lipinski definition) is 0. The van der Waals surface area contributed by atoms with Crippen molar-refractivity contribution in [1.82, 2.24) is 4.90 Å². The van der Waals surface area contributed by atoms with Gasteiger partial charge in [0.1, 0.15) is 6.04 Å². The molecule has 4 nitrogen and oxygen atoms in total. The summed E-state index contributed by atoms with van der Waals surface area (Å²) in [5, 5.41) is 0. The first kappa shape index (κ1) is 15.5. The lowest BCUT2D eigenvalue weighted by molar-refractivity contribution is -0.143. The SMILES string of the molecule is Cc1ccc(N2CCN(C(=O)C(C)C)C(C)C2=O)cc1C. The molecule has 1 unspecified atom stereocenters. The normalized spacial score (nSPS) is 19.3. The summed E-state index contributed by atoms with van der Waals surface area (Å²) < 4.78 is 0. The summed E-state index contributed by atoms with van der Waals surface area (Å²) in [6, 6.07) is 5.66. The van der Waals surface area contributed by atoms with Crippen LogP contribution in [0.25, 0.3) is 0 Å². The van der Waals surface area contributed by atoms with Gasteiger partial charge in [0.15, 0.2) is 0 Å². The van der Waals surface area contributed by atoms with Crippen LogP contribution in [0, 0.1) is 19.8 Å². The lowest BCUT2D eigenvalue weighted by Gasteiger charge is -2.40. The topological polar surface area (TPSA) is 40.6 Å². The number of aryl methyl sites for hydroxylation is 2. The van der Waals surface area contributed by atoms with Gasteiger partial charge in [-0.15, -0.1) is 0 Å². The van der Waals surface area contributed by atoms with E-state index in [0.717, 1.165) is 5.69 Å². The van der Waals surface area contributed by atoms with Crippen molar-refractivity contribution in [1.29, 1.82) is 0 Å². The number of benzene rings is 1. The van der Waals surface area contributed by atoms with E-state index in [1.807, 2.05) is 45.9 Å². The lowest BCUT2D eigenvalue weighted by atomic mass is 10.1. The molecule has 1 atom stereocenters. The van der Waals surface area contributed by atoms with Gasteiger partial charge < -0.3 is 9.80 Å². The van der Waals surface area contributed by atoms with Crippen LogP contribution in [0.3, 0.4) is 0 Å². The Labute approximate surface area is 126 Å². The molecule has 4 heteroatoms. The number of amides is 2. The first-order valence-electron chi connectivity index (χ1n) is 7.52. The van der Waals surface area contributed by atoms with Gasteiger partial charge in [0.25, 0.3) is 0 Å². The van der Waals surface area contributed by atoms with Crippen molar-refractivity contribution in [2.24, 2.45) is 5.92 Å². The van der Waals surface area contributed by atoms with E-state index in [2.05, 4.69) is 6.92 Å². The first-order chi connectivity index (χ1) is 9.82. The minimum atomic E-state index is -0.393. The molecular formula is C17H24N2O2. The maximum absolute atomic E-state index is 12.6. The Morgan fingerprint density at radius 1 is 1.19 bits per heavy atom. The number of carbonyl (C=O) groups is 2. The molecule has 0 N–H and O–H groups in total. The number of rotatable bonds is 2. The fourth-order valence-corrected chi connectivity index (χ4v) is 2.65. The van der Waals surface area contributed by atoms with E-state index >= 15 is 0 Å². The number of piperazine rings is 1. The summed E-state index contributed by atoms with van der Waals surface area (Å²) in [5.74, 6) is -0.0255. The lowest BCUT2D eigenvalue weighted by Crippen LogP contribution is -2.58. The van der Waals surface area contributed by atoms with Gasteiger partial charge in [-0.3, -0.25) is 9.59 Å². The number of nitrogens with zero attached hydrogens (tertiary/aromatic N) is 2. The maximum atomic E-state index is 12.6. The highest BCUT2D eigenvalue weighted by Gasteiger charge is 2.35. The van der Waals surface area contributed by atoms with Crippen LogP contribution in [0.5, 0.6) is 0 Å². The quantitative estimate of drug-likeness (QED) is 0.839. The Morgan fingerprint density at radius 3 is 2.43 bits per heavy atom. The van der Waals surface area contributed by atoms with Crippen molar-refractivity contribution in [2.75, 3.05) is 18.0 Å². The predicted molar refractivity (Wildman–Crippen MR) is 84.3 cm³/mol. The van der Waals surface area contributed by atoms with Gasteiger partial charge in [-0.05, 0) is 44.0 Å². The Bertz CT molecular complexity index is 566. The van der Waals surface area contributed by atoms with Crippen molar-refractivity contribution in [3.05, 3.63) is 29.3 Å². The highest BCUT2D eigenvalue weighted by atomic mass is 16.2. The second-order valence-electron chi connectivity index (χ2n) is 6.12. The van der Waals surface area contributed by atoms with E-state index in [1.54, 1.807) is 9.80 Å². The average Bonchev–Trinajstić information content (AvgIpc) is 2.44. The summed E-state index contributed by atoms with van der Waals surface area (Å²) in [6.07, 6.45) is 0. The van der Waals surface area contributed by atoms with E-state index in [4.69, 9.17) is 0 Å². The van der Waals surface area contributed by atoms with Crippen LogP contribution >= 0.6 is 0 Å². The number of carbonyl (C=O) groups excluding carboxylic acids is 2. The number of anilines is 1. The summed E-state index contributed by atoms with van der Waals surface area (Å²) in [5.41, 5.74) is 3.31. The molecule has 2 amide bonds. The Hall–Kier alpha value is -1.84. The molecule has 1 aliphatic rings. The highest BCUT2D eigenvalue weighted by Crippen LogP contribution is 2.23. The predicted octanol–water partition coefficient (Wildman–Crippen LogP) is 2.52. The van der Waals surface area contributed by atoms with Gasteiger partial charge in [0, 0.05) is 24.7 Å². The van der Waals surface area contributed by atoms with E-state index < -0.39 is 6.04 Å². The summed E-state index contributed by atoms with van der Waals surface area (Å²) in [7, 11) is 0. The highest BCUT2D eigenvalue weighted by molar-refractivity contribution is 6.00. The zero-order chi connectivity index (χ0) is 15.7. The van der Waals surface area contributed by atoms with Crippen LogP contribution < -0.4 is 4.90 Å². The smallest absolute Gasteiger partial charge is 0.249 e. The minimum absolute atomic E-state index is 0.00139. The molecular weight excluding hydrogens is 264 g/mol. The van der Waals surface area contributed by atoms with Crippen LogP contribution in [0.1, 0.15) is 31.9 Å². The molecule has 0 bridgehead atoms. The molecule has 1 aliphatic heterocycles. The second kappa shape index (κ2) is 5.88. The van der Waals surface area contributed by atoms with Crippen molar-refractivity contribution >= 4 is 17.5 Å². The molecule has 1 fully saturated rings. The molecule has 1 saturated heterocycles. The third-order valence-electron chi connectivity index (χ3n) is 4.23. The third kappa shape index (κ3) is 2.94. The molecule has 0 spiro atoms. The molecule has 1 heterocycles. The van der Waals surface area contributed by atoms with Crippen molar-refractivity contribution in [2.45, 2.75) is 40.7 Å². The van der Waals surface area contributed by atoms with E-state index in [0.29, 0.717) is 13.1 Å². The molecule has 0 radical (unpaired) electrons. The number of hydrogen-bond acceptors (Lipinski definition) is 2. The molecule has 1 aromatic carbocycles. The second-order valence-corrected chi connectivity index (χ2v) is 6.12. The zero-order valence-corrected chi connectivity index (χ0v) is 13.5. The largest absolute Gasteiger partial charge is 0.329 e. The zero-order valence-electron chi connectivity index (χ0n) is 13.5. The summed E-state index contributed by atoms with van der Waals surface area (Å²) in [6.45, 7) is 10.8. The van der Waals surface area contributed by atoms with E-state index in [9.17, 15) is 9.59 Å². The Balaban J connectivity index is 2.21. The van der Waals surface area contributed by atoms with E-state index in [-0.39, 0.29) is 17.7 Å². The molecule has 0 saturated carbocycles. The van der Waals surface area contributed by atoms with Crippen LogP contribution in [0.2, 0.25) is 0 Å². The van der Waals surface area contributed by atoms with Crippen molar-refractivity contribution in [3.63, 3.8) is 0 Å². The van der Waals surface area contributed by atoms with Crippen LogP contribution in [0.4, 0.5) is 5.69 Å². The van der Waals surface area contributed by atoms with Gasteiger partial charge in [-0.25, -0.2) is 0 Å². The molecule has 2 rings (SSSR count).